The highest BCUT2D eigenvalue weighted by atomic mass is 35.5. The minimum atomic E-state index is -0.310. The van der Waals surface area contributed by atoms with Crippen LogP contribution >= 0.6 is 22.9 Å². The van der Waals surface area contributed by atoms with Gasteiger partial charge in [0.2, 0.25) is 0 Å². The first-order valence-corrected chi connectivity index (χ1v) is 8.19. The summed E-state index contributed by atoms with van der Waals surface area (Å²) in [6.45, 7) is 1.08. The maximum absolute atomic E-state index is 12.4. The number of hydrogen-bond donors (Lipinski definition) is 2. The van der Waals surface area contributed by atoms with Gasteiger partial charge in [-0.2, -0.15) is 5.10 Å². The Morgan fingerprint density at radius 1 is 1.43 bits per heavy atom. The van der Waals surface area contributed by atoms with E-state index < -0.39 is 0 Å². The zero-order valence-corrected chi connectivity index (χ0v) is 13.5. The van der Waals surface area contributed by atoms with Crippen LogP contribution in [0.1, 0.15) is 21.7 Å². The normalized spacial score (nSPS) is 13.8. The number of H-pyrrole nitrogens is 1. The summed E-state index contributed by atoms with van der Waals surface area (Å²) >= 11 is 7.37. The molecule has 4 rings (SSSR count). The van der Waals surface area contributed by atoms with E-state index >= 15 is 0 Å². The Morgan fingerprint density at radius 2 is 2.35 bits per heavy atom. The molecule has 0 spiro atoms. The van der Waals surface area contributed by atoms with Gasteiger partial charge >= 0.3 is 0 Å². The highest BCUT2D eigenvalue weighted by molar-refractivity contribution is 7.19. The summed E-state index contributed by atoms with van der Waals surface area (Å²) in [7, 11) is 0. The van der Waals surface area contributed by atoms with Gasteiger partial charge in [0.15, 0.2) is 11.6 Å². The fraction of sp³-hybridized carbons (Fsp3) is 0.200. The molecule has 0 radical (unpaired) electrons. The number of nitrogens with one attached hydrogen (secondary N) is 2. The number of rotatable bonds is 3. The number of ether oxygens (including phenoxy) is 1. The predicted octanol–water partition coefficient (Wildman–Crippen LogP) is 3.71. The molecule has 4 heterocycles. The highest BCUT2D eigenvalue weighted by Crippen LogP contribution is 2.31. The van der Waals surface area contributed by atoms with Crippen LogP contribution in [-0.4, -0.2) is 22.7 Å². The highest BCUT2D eigenvalue weighted by Gasteiger charge is 2.23. The lowest BCUT2D eigenvalue weighted by Crippen LogP contribution is -2.16. The Labute approximate surface area is 140 Å². The Bertz CT molecular complexity index is 867. The number of carbonyl (C=O) groups is 1. The van der Waals surface area contributed by atoms with Crippen molar-refractivity contribution in [1.29, 1.82) is 0 Å². The van der Waals surface area contributed by atoms with E-state index in [9.17, 15) is 4.79 Å². The van der Waals surface area contributed by atoms with Gasteiger partial charge in [-0.15, -0.1) is 11.3 Å². The number of fused-ring (bicyclic) bond motifs is 1. The van der Waals surface area contributed by atoms with Crippen LogP contribution in [0.3, 0.4) is 0 Å². The quantitative estimate of drug-likeness (QED) is 0.755. The van der Waals surface area contributed by atoms with E-state index in [4.69, 9.17) is 20.8 Å². The fourth-order valence-corrected chi connectivity index (χ4v) is 3.51. The number of anilines is 1. The van der Waals surface area contributed by atoms with Crippen molar-refractivity contribution in [2.75, 3.05) is 11.9 Å². The molecule has 0 bridgehead atoms. The fourth-order valence-electron chi connectivity index (χ4n) is 2.50. The molecule has 8 heteroatoms. The lowest BCUT2D eigenvalue weighted by Gasteiger charge is -2.11. The molecule has 3 aromatic rings. The summed E-state index contributed by atoms with van der Waals surface area (Å²) in [4.78, 5) is 13.3. The number of aromatic amines is 1. The third-order valence-corrected chi connectivity index (χ3v) is 4.86. The van der Waals surface area contributed by atoms with Crippen LogP contribution in [0.2, 0.25) is 4.34 Å². The van der Waals surface area contributed by atoms with Gasteiger partial charge in [0.1, 0.15) is 0 Å². The number of hydrogen-bond acceptors (Lipinski definition) is 5. The first-order valence-electron chi connectivity index (χ1n) is 7.00. The number of aromatic nitrogens is 2. The summed E-state index contributed by atoms with van der Waals surface area (Å²) in [5.41, 5.74) is 2.64. The summed E-state index contributed by atoms with van der Waals surface area (Å²) in [6, 6.07) is 5.48. The van der Waals surface area contributed by atoms with Crippen molar-refractivity contribution in [3.05, 3.63) is 45.7 Å². The molecular weight excluding hydrogens is 338 g/mol. The van der Waals surface area contributed by atoms with Gasteiger partial charge < -0.3 is 14.5 Å². The molecule has 0 unspecified atom stereocenters. The minimum absolute atomic E-state index is 0.310. The molecule has 118 valence electrons. The van der Waals surface area contributed by atoms with Crippen LogP contribution in [0.4, 0.5) is 5.82 Å². The van der Waals surface area contributed by atoms with E-state index in [0.29, 0.717) is 35.5 Å². The van der Waals surface area contributed by atoms with Gasteiger partial charge in [-0.1, -0.05) is 11.6 Å². The lowest BCUT2D eigenvalue weighted by molar-refractivity contribution is 0.0988. The second kappa shape index (κ2) is 5.84. The largest absolute Gasteiger partial charge is 0.458 e. The van der Waals surface area contributed by atoms with Gasteiger partial charge in [0, 0.05) is 23.6 Å². The molecular formula is C15H12ClN3O3S. The van der Waals surface area contributed by atoms with Crippen molar-refractivity contribution in [2.45, 2.75) is 13.0 Å². The zero-order valence-electron chi connectivity index (χ0n) is 11.9. The summed E-state index contributed by atoms with van der Waals surface area (Å²) in [6.07, 6.45) is 2.25. The van der Waals surface area contributed by atoms with Crippen molar-refractivity contribution in [2.24, 2.45) is 0 Å². The van der Waals surface area contributed by atoms with E-state index in [1.165, 1.54) is 11.3 Å². The zero-order chi connectivity index (χ0) is 15.8. The molecule has 0 aliphatic carbocycles. The second-order valence-electron chi connectivity index (χ2n) is 5.10. The second-order valence-corrected chi connectivity index (χ2v) is 6.81. The Balaban J connectivity index is 1.53. The third kappa shape index (κ3) is 2.78. The van der Waals surface area contributed by atoms with E-state index in [-0.39, 0.29) is 5.91 Å². The Morgan fingerprint density at radius 3 is 3.17 bits per heavy atom. The summed E-state index contributed by atoms with van der Waals surface area (Å²) < 4.78 is 11.4. The maximum Gasteiger partial charge on any atom is 0.292 e. The number of thiophene rings is 1. The van der Waals surface area contributed by atoms with Gasteiger partial charge in [-0.05, 0) is 12.1 Å². The molecule has 3 aromatic heterocycles. The first-order chi connectivity index (χ1) is 11.2. The maximum atomic E-state index is 12.4. The number of amides is 1. The van der Waals surface area contributed by atoms with Crippen molar-refractivity contribution in [1.82, 2.24) is 10.2 Å². The summed E-state index contributed by atoms with van der Waals surface area (Å²) in [5, 5.41) is 9.74. The van der Waals surface area contributed by atoms with E-state index in [2.05, 4.69) is 15.5 Å². The van der Waals surface area contributed by atoms with Gasteiger partial charge in [0.05, 0.1) is 34.4 Å². The lowest BCUT2D eigenvalue weighted by atomic mass is 10.1. The van der Waals surface area contributed by atoms with E-state index in [1.807, 2.05) is 12.1 Å². The molecule has 0 aromatic carbocycles. The molecule has 0 fully saturated rings. The van der Waals surface area contributed by atoms with Crippen molar-refractivity contribution < 1.29 is 13.9 Å². The Hall–Kier alpha value is -2.09. The van der Waals surface area contributed by atoms with Crippen molar-refractivity contribution in [3.8, 4) is 10.6 Å². The topological polar surface area (TPSA) is 80.2 Å². The number of halogens is 1. The molecule has 1 amide bonds. The van der Waals surface area contributed by atoms with Gasteiger partial charge in [0.25, 0.3) is 5.91 Å². The van der Waals surface area contributed by atoms with Crippen LogP contribution < -0.4 is 5.32 Å². The minimum Gasteiger partial charge on any atom is -0.458 e. The molecule has 1 aliphatic heterocycles. The van der Waals surface area contributed by atoms with Crippen molar-refractivity contribution >= 4 is 34.7 Å². The van der Waals surface area contributed by atoms with Crippen molar-refractivity contribution in [3.63, 3.8) is 0 Å². The average molecular weight is 350 g/mol. The first kappa shape index (κ1) is 14.5. The van der Waals surface area contributed by atoms with E-state index in [0.717, 1.165) is 21.7 Å². The SMILES string of the molecule is O=C(Nc1cc(-c2ccc(Cl)s2)[nH]n1)c1occ2c1CCOC2. The molecule has 0 atom stereocenters. The van der Waals surface area contributed by atoms with Crippen LogP contribution in [0.15, 0.2) is 28.9 Å². The standard InChI is InChI=1S/C15H12ClN3O3S/c16-12-2-1-11(23-12)10-5-13(19-18-10)17-15(20)14-9-3-4-21-6-8(9)7-22-14/h1-2,5,7H,3-4,6H2,(H2,17,18,19,20). The number of furan rings is 1. The van der Waals surface area contributed by atoms with Gasteiger partial charge in [-0.25, -0.2) is 0 Å². The van der Waals surface area contributed by atoms with E-state index in [1.54, 1.807) is 12.3 Å². The van der Waals surface area contributed by atoms with Crippen LogP contribution in [0.5, 0.6) is 0 Å². The molecule has 1 aliphatic rings. The molecule has 6 nitrogen and oxygen atoms in total. The molecule has 23 heavy (non-hydrogen) atoms. The van der Waals surface area contributed by atoms with Gasteiger partial charge in [-0.3, -0.25) is 9.89 Å². The van der Waals surface area contributed by atoms with Crippen LogP contribution in [-0.2, 0) is 17.8 Å². The molecule has 0 saturated carbocycles. The summed E-state index contributed by atoms with van der Waals surface area (Å²) in [5.74, 6) is 0.453. The smallest absolute Gasteiger partial charge is 0.292 e. The third-order valence-electron chi connectivity index (χ3n) is 3.60. The Kier molecular flexibility index (Phi) is 3.68. The number of nitrogens with zero attached hydrogens (tertiary/aromatic N) is 1. The number of carbonyl (C=O) groups excluding carboxylic acids is 1. The molecule has 2 N–H and O–H groups in total. The average Bonchev–Trinajstić information content (AvgIpc) is 3.25. The monoisotopic (exact) mass is 349 g/mol. The van der Waals surface area contributed by atoms with Crippen LogP contribution in [0, 0.1) is 0 Å². The predicted molar refractivity (Wildman–Crippen MR) is 86.9 cm³/mol. The molecule has 0 saturated heterocycles. The van der Waals surface area contributed by atoms with Crippen LogP contribution in [0.25, 0.3) is 10.6 Å².